The van der Waals surface area contributed by atoms with Gasteiger partial charge in [0.2, 0.25) is 10.0 Å². The lowest BCUT2D eigenvalue weighted by atomic mass is 10.1. The summed E-state index contributed by atoms with van der Waals surface area (Å²) < 4.78 is 30.5. The van der Waals surface area contributed by atoms with Crippen LogP contribution in [-0.4, -0.2) is 82.3 Å². The van der Waals surface area contributed by atoms with Gasteiger partial charge in [0.05, 0.1) is 18.9 Å². The third-order valence-electron chi connectivity index (χ3n) is 4.07. The average Bonchev–Trinajstić information content (AvgIpc) is 3.08. The Kier molecular flexibility index (Phi) is 9.09. The van der Waals surface area contributed by atoms with E-state index >= 15 is 0 Å². The van der Waals surface area contributed by atoms with Crippen LogP contribution in [-0.2, 0) is 14.8 Å². The third-order valence-corrected chi connectivity index (χ3v) is 6.02. The highest BCUT2D eigenvalue weighted by molar-refractivity contribution is 14.0. The maximum absolute atomic E-state index is 11.8. The molecule has 2 heterocycles. The molecule has 0 aromatic heterocycles. The lowest BCUT2D eigenvalue weighted by molar-refractivity contribution is 0.181. The van der Waals surface area contributed by atoms with E-state index in [-0.39, 0.29) is 29.7 Å². The van der Waals surface area contributed by atoms with Crippen LogP contribution >= 0.6 is 24.0 Å². The minimum absolute atomic E-state index is 0. The van der Waals surface area contributed by atoms with Crippen molar-refractivity contribution in [3.8, 4) is 0 Å². The zero-order valence-electron chi connectivity index (χ0n) is 14.0. The lowest BCUT2D eigenvalue weighted by Gasteiger charge is -2.24. The summed E-state index contributed by atoms with van der Waals surface area (Å²) in [4.78, 5) is 6.68. The fourth-order valence-corrected chi connectivity index (χ4v) is 4.40. The molecule has 23 heavy (non-hydrogen) atoms. The van der Waals surface area contributed by atoms with Gasteiger partial charge in [-0.15, -0.1) is 24.0 Å². The highest BCUT2D eigenvalue weighted by atomic mass is 127. The maximum Gasteiger partial charge on any atom is 0.214 e. The van der Waals surface area contributed by atoms with Crippen LogP contribution < -0.4 is 5.32 Å². The third kappa shape index (κ3) is 6.35. The van der Waals surface area contributed by atoms with E-state index in [1.54, 1.807) is 4.31 Å². The predicted octanol–water partition coefficient (Wildman–Crippen LogP) is 0.574. The first-order chi connectivity index (χ1) is 10.5. The molecule has 2 saturated heterocycles. The summed E-state index contributed by atoms with van der Waals surface area (Å²) in [6, 6.07) is 0. The quantitative estimate of drug-likeness (QED) is 0.357. The van der Waals surface area contributed by atoms with Crippen LogP contribution in [0.4, 0.5) is 0 Å². The standard InChI is InChI=1S/C14H28N4O3S.HI/c1-3-15-14(17(2)11-13-5-9-21-12-13)16-6-8-18-7-4-10-22(18,19)20;/h13H,3-12H2,1-2H3,(H,15,16);1H. The van der Waals surface area contributed by atoms with Gasteiger partial charge >= 0.3 is 0 Å². The van der Waals surface area contributed by atoms with Crippen LogP contribution in [0.3, 0.4) is 0 Å². The zero-order valence-corrected chi connectivity index (χ0v) is 17.2. The summed E-state index contributed by atoms with van der Waals surface area (Å²) in [6.07, 6.45) is 1.82. The Hall–Kier alpha value is -0.130. The molecule has 136 valence electrons. The van der Waals surface area contributed by atoms with Gasteiger partial charge in [-0.05, 0) is 19.8 Å². The van der Waals surface area contributed by atoms with Crippen molar-refractivity contribution < 1.29 is 13.2 Å². The van der Waals surface area contributed by atoms with Gasteiger partial charge in [-0.25, -0.2) is 12.7 Å². The molecule has 7 nitrogen and oxygen atoms in total. The summed E-state index contributed by atoms with van der Waals surface area (Å²) in [5.74, 6) is 1.66. The number of sulfonamides is 1. The summed E-state index contributed by atoms with van der Waals surface area (Å²) in [7, 11) is -1.00. The van der Waals surface area contributed by atoms with Crippen LogP contribution in [0.25, 0.3) is 0 Å². The van der Waals surface area contributed by atoms with Crippen molar-refractivity contribution in [2.75, 3.05) is 58.7 Å². The van der Waals surface area contributed by atoms with Gasteiger partial charge in [-0.1, -0.05) is 0 Å². The van der Waals surface area contributed by atoms with Gasteiger partial charge in [0.1, 0.15) is 0 Å². The van der Waals surface area contributed by atoms with Crippen molar-refractivity contribution in [2.24, 2.45) is 10.9 Å². The minimum Gasteiger partial charge on any atom is -0.381 e. The second-order valence-corrected chi connectivity index (χ2v) is 8.00. The molecule has 2 rings (SSSR count). The fourth-order valence-electron chi connectivity index (χ4n) is 2.88. The van der Waals surface area contributed by atoms with Gasteiger partial charge < -0.3 is 15.0 Å². The molecule has 9 heteroatoms. The normalized spacial score (nSPS) is 24.4. The van der Waals surface area contributed by atoms with E-state index in [2.05, 4.69) is 15.2 Å². The Morgan fingerprint density at radius 1 is 1.48 bits per heavy atom. The maximum atomic E-state index is 11.8. The van der Waals surface area contributed by atoms with Crippen molar-refractivity contribution in [2.45, 2.75) is 19.8 Å². The second kappa shape index (κ2) is 10.00. The summed E-state index contributed by atoms with van der Waals surface area (Å²) >= 11 is 0. The Morgan fingerprint density at radius 3 is 2.83 bits per heavy atom. The molecule has 1 N–H and O–H groups in total. The highest BCUT2D eigenvalue weighted by Crippen LogP contribution is 2.14. The van der Waals surface area contributed by atoms with Gasteiger partial charge in [0.25, 0.3) is 0 Å². The topological polar surface area (TPSA) is 74.2 Å². The van der Waals surface area contributed by atoms with E-state index in [1.165, 1.54) is 0 Å². The first-order valence-corrected chi connectivity index (χ1v) is 9.69. The van der Waals surface area contributed by atoms with Crippen molar-refractivity contribution in [1.82, 2.24) is 14.5 Å². The number of aliphatic imine (C=N–C) groups is 1. The van der Waals surface area contributed by atoms with Crippen LogP contribution in [0.1, 0.15) is 19.8 Å². The number of nitrogens with zero attached hydrogens (tertiary/aromatic N) is 3. The van der Waals surface area contributed by atoms with E-state index in [1.807, 2.05) is 14.0 Å². The first kappa shape index (κ1) is 20.9. The highest BCUT2D eigenvalue weighted by Gasteiger charge is 2.27. The molecule has 0 aromatic rings. The van der Waals surface area contributed by atoms with Crippen LogP contribution in [0.2, 0.25) is 0 Å². The van der Waals surface area contributed by atoms with Crippen molar-refractivity contribution in [1.29, 1.82) is 0 Å². The first-order valence-electron chi connectivity index (χ1n) is 8.08. The summed E-state index contributed by atoms with van der Waals surface area (Å²) in [6.45, 7) is 7.00. The van der Waals surface area contributed by atoms with Crippen LogP contribution in [0.5, 0.6) is 0 Å². The van der Waals surface area contributed by atoms with Gasteiger partial charge in [-0.3, -0.25) is 4.99 Å². The van der Waals surface area contributed by atoms with Crippen LogP contribution in [0.15, 0.2) is 4.99 Å². The van der Waals surface area contributed by atoms with E-state index < -0.39 is 10.0 Å². The SMILES string of the molecule is CCNC(=NCCN1CCCS1(=O)=O)N(C)CC1CCOC1.I. The Morgan fingerprint density at radius 2 is 2.26 bits per heavy atom. The van der Waals surface area contributed by atoms with Crippen molar-refractivity contribution in [3.63, 3.8) is 0 Å². The molecule has 0 amide bonds. The monoisotopic (exact) mass is 460 g/mol. The Bertz CT molecular complexity index is 480. The molecule has 2 fully saturated rings. The number of hydrogen-bond donors (Lipinski definition) is 1. The number of hydrogen-bond acceptors (Lipinski definition) is 4. The number of guanidine groups is 1. The van der Waals surface area contributed by atoms with Crippen molar-refractivity contribution in [3.05, 3.63) is 0 Å². The van der Waals surface area contributed by atoms with E-state index in [9.17, 15) is 8.42 Å². The molecule has 2 aliphatic rings. The van der Waals surface area contributed by atoms with Gasteiger partial charge in [0, 0.05) is 45.8 Å². The predicted molar refractivity (Wildman–Crippen MR) is 103 cm³/mol. The molecule has 1 atom stereocenters. The molecule has 0 aliphatic carbocycles. The molecular weight excluding hydrogens is 431 g/mol. The smallest absolute Gasteiger partial charge is 0.214 e. The molecule has 0 saturated carbocycles. The summed E-state index contributed by atoms with van der Waals surface area (Å²) in [5, 5.41) is 3.27. The minimum atomic E-state index is -3.02. The van der Waals surface area contributed by atoms with E-state index in [4.69, 9.17) is 4.74 Å². The molecule has 0 aromatic carbocycles. The largest absolute Gasteiger partial charge is 0.381 e. The molecule has 2 aliphatic heterocycles. The summed E-state index contributed by atoms with van der Waals surface area (Å²) in [5.41, 5.74) is 0. The molecule has 0 spiro atoms. The Balaban J connectivity index is 0.00000264. The van der Waals surface area contributed by atoms with Crippen LogP contribution in [0, 0.1) is 5.92 Å². The van der Waals surface area contributed by atoms with Crippen molar-refractivity contribution >= 4 is 40.0 Å². The number of halogens is 1. The van der Waals surface area contributed by atoms with Gasteiger partial charge in [-0.2, -0.15) is 0 Å². The number of rotatable bonds is 6. The lowest BCUT2D eigenvalue weighted by Crippen LogP contribution is -2.42. The molecular formula is C14H29IN4O3S. The average molecular weight is 460 g/mol. The molecule has 0 radical (unpaired) electrons. The fraction of sp³-hybridized carbons (Fsp3) is 0.929. The molecule has 0 bridgehead atoms. The van der Waals surface area contributed by atoms with Gasteiger partial charge in [0.15, 0.2) is 5.96 Å². The molecule has 1 unspecified atom stereocenters. The number of nitrogens with one attached hydrogen (secondary N) is 1. The zero-order chi connectivity index (χ0) is 16.0. The Labute approximate surface area is 156 Å². The number of ether oxygens (including phenoxy) is 1. The van der Waals surface area contributed by atoms with E-state index in [0.717, 1.165) is 45.1 Å². The van der Waals surface area contributed by atoms with E-state index in [0.29, 0.717) is 25.6 Å². The second-order valence-electron chi connectivity index (χ2n) is 5.91.